The maximum atomic E-state index is 2.00. The molecule has 5 heavy (non-hydrogen) atoms. The third-order valence-corrected chi connectivity index (χ3v) is 0. The van der Waals surface area contributed by atoms with Crippen LogP contribution >= 0.6 is 0 Å². The molecule has 0 aromatic heterocycles. The zero-order chi connectivity index (χ0) is 2.00. The first-order valence-electron chi connectivity index (χ1n) is 1.00. The molecule has 0 rings (SSSR count). The Bertz CT molecular complexity index is 9.61. The van der Waals surface area contributed by atoms with Crippen molar-refractivity contribution >= 4 is 0 Å². The van der Waals surface area contributed by atoms with E-state index in [9.17, 15) is 0 Å². The Morgan fingerprint density at radius 1 is 1.00 bits per heavy atom. The van der Waals surface area contributed by atoms with Gasteiger partial charge in [-0.25, -0.2) is 0 Å². The van der Waals surface area contributed by atoms with Crippen LogP contribution in [0.25, 0.3) is 0 Å². The fourth-order valence-electron chi connectivity index (χ4n) is 0. The normalized spacial score (nSPS) is 1.20. The summed E-state index contributed by atoms with van der Waals surface area (Å²) in [5.74, 6) is 0. The van der Waals surface area contributed by atoms with Gasteiger partial charge < -0.3 is 12.4 Å². The van der Waals surface area contributed by atoms with E-state index < -0.39 is 0 Å². The summed E-state index contributed by atoms with van der Waals surface area (Å²) >= 11 is 0. The van der Waals surface area contributed by atoms with E-state index in [-0.39, 0.29) is 50.7 Å². The molecule has 3 heteroatoms. The Morgan fingerprint density at radius 2 is 1.00 bits per heavy atom. The first-order chi connectivity index (χ1) is 1.00. The van der Waals surface area contributed by atoms with Crippen molar-refractivity contribution in [3.05, 3.63) is 0 Å². The molecular weight excluding hydrogens is 132 g/mol. The van der Waals surface area contributed by atoms with Crippen LogP contribution < -0.4 is 31.3 Å². The molecule has 0 amide bonds. The minimum Gasteiger partial charge on any atom is -1.00 e. The minimum atomic E-state index is 0. The van der Waals surface area contributed by atoms with Crippen molar-refractivity contribution in [1.82, 2.24) is 0 Å². The Morgan fingerprint density at radius 3 is 1.00 bits per heavy atom. The van der Waals surface area contributed by atoms with Gasteiger partial charge in [-0.05, 0) is 0 Å². The average Bonchev–Trinajstić information content (AvgIpc) is 1.00. The summed E-state index contributed by atoms with van der Waals surface area (Å²) in [5.41, 5.74) is 0. The zero-order valence-corrected chi connectivity index (χ0v) is 7.81. The summed E-state index contributed by atoms with van der Waals surface area (Å²) in [7, 11) is 0. The van der Waals surface area contributed by atoms with Crippen molar-refractivity contribution in [2.75, 3.05) is 0 Å². The quantitative estimate of drug-likeness (QED) is 0.294. The van der Waals surface area contributed by atoms with Crippen LogP contribution in [0, 0.1) is 0 Å². The molecule has 0 saturated carbocycles. The van der Waals surface area contributed by atoms with Gasteiger partial charge in [-0.2, -0.15) is 0 Å². The van der Waals surface area contributed by atoms with Crippen molar-refractivity contribution in [3.8, 4) is 0 Å². The molecule has 0 aliphatic carbocycles. The summed E-state index contributed by atoms with van der Waals surface area (Å²) in [6, 6.07) is 0. The van der Waals surface area contributed by atoms with Gasteiger partial charge in [0.25, 0.3) is 0 Å². The number of halogens is 1. The van der Waals surface area contributed by atoms with Gasteiger partial charge in [0.05, 0.1) is 0 Å². The predicted molar refractivity (Wildman–Crippen MR) is 11.3 cm³/mol. The number of hydrogen-bond donors (Lipinski definition) is 0. The molecule has 0 aliphatic rings. The Hall–Kier alpha value is 1.51. The van der Waals surface area contributed by atoms with E-state index in [1.165, 1.54) is 0 Å². The van der Waals surface area contributed by atoms with Crippen molar-refractivity contribution in [3.63, 3.8) is 0 Å². The molecule has 0 spiro atoms. The van der Waals surface area contributed by atoms with Crippen LogP contribution in [-0.4, -0.2) is 0 Å². The maximum Gasteiger partial charge on any atom is 1.00 e. The molecule has 0 fully saturated rings. The van der Waals surface area contributed by atoms with Crippen LogP contribution in [0.3, 0.4) is 0 Å². The van der Waals surface area contributed by atoms with Gasteiger partial charge in [0.1, 0.15) is 0 Å². The van der Waals surface area contributed by atoms with Crippen molar-refractivity contribution in [2.24, 2.45) is 0 Å². The molecule has 0 nitrogen and oxygen atoms in total. The molecule has 0 saturated heterocycles. The molecule has 0 aromatic rings. The van der Waals surface area contributed by atoms with E-state index in [1.54, 1.807) is 0 Å². The summed E-state index contributed by atoms with van der Waals surface area (Å²) < 4.78 is 0. The van der Waals surface area contributed by atoms with Crippen LogP contribution in [0.5, 0.6) is 0 Å². The molecule has 0 unspecified atom stereocenters. The van der Waals surface area contributed by atoms with Crippen LogP contribution in [0.4, 0.5) is 0 Å². The summed E-state index contributed by atoms with van der Waals surface area (Å²) in [6.07, 6.45) is 0. The van der Waals surface area contributed by atoms with Gasteiger partial charge in [-0.1, -0.05) is 13.8 Å². The van der Waals surface area contributed by atoms with Gasteiger partial charge in [0, 0.05) is 19.5 Å². The average molecular weight is 138 g/mol. The molecule has 0 heterocycles. The Labute approximate surface area is 64.4 Å². The second kappa shape index (κ2) is 49.1. The van der Waals surface area contributed by atoms with Crippen molar-refractivity contribution < 1.29 is 50.7 Å². The summed E-state index contributed by atoms with van der Waals surface area (Å²) in [5, 5.41) is 0. The van der Waals surface area contributed by atoms with Crippen LogP contribution in [0.15, 0.2) is 0 Å². The smallest absolute Gasteiger partial charge is 1.00 e. The van der Waals surface area contributed by atoms with Gasteiger partial charge in [-0.3, -0.25) is 0 Å². The second-order valence-corrected chi connectivity index (χ2v) is 0. The van der Waals surface area contributed by atoms with E-state index >= 15 is 0 Å². The molecule has 0 atom stereocenters. The summed E-state index contributed by atoms with van der Waals surface area (Å²) in [4.78, 5) is 0. The van der Waals surface area contributed by atoms with E-state index in [4.69, 9.17) is 0 Å². The fourth-order valence-corrected chi connectivity index (χ4v) is 0. The van der Waals surface area contributed by atoms with Crippen molar-refractivity contribution in [1.29, 1.82) is 0 Å². The topological polar surface area (TPSA) is 0 Å². The third kappa shape index (κ3) is 29.8. The first kappa shape index (κ1) is 31.4. The SMILES string of the molecule is CC.[Cl-].[Li+].[Zn]. The van der Waals surface area contributed by atoms with E-state index in [0.717, 1.165) is 0 Å². The molecular formula is C2H6ClLiZn. The standard InChI is InChI=1S/C2H6.ClH.Li.Zn/c1-2;;;/h1-2H3;1H;;/q;;+1;/p-1. The molecule has 0 N–H and O–H groups in total. The molecule has 0 radical (unpaired) electrons. The largest absolute Gasteiger partial charge is 1.00 e. The van der Waals surface area contributed by atoms with Gasteiger partial charge in [0.2, 0.25) is 0 Å². The maximum absolute atomic E-state index is 2.00. The Balaban J connectivity index is -0.00000000167. The van der Waals surface area contributed by atoms with Gasteiger partial charge >= 0.3 is 18.9 Å². The monoisotopic (exact) mass is 136 g/mol. The van der Waals surface area contributed by atoms with E-state index in [1.807, 2.05) is 13.8 Å². The zero-order valence-electron chi connectivity index (χ0n) is 4.09. The minimum absolute atomic E-state index is 0. The number of rotatable bonds is 0. The molecule has 0 aromatic carbocycles. The predicted octanol–water partition coefficient (Wildman–Crippen LogP) is -4.97. The van der Waals surface area contributed by atoms with E-state index in [2.05, 4.69) is 0 Å². The van der Waals surface area contributed by atoms with Crippen LogP contribution in [0.2, 0.25) is 0 Å². The van der Waals surface area contributed by atoms with Crippen LogP contribution in [-0.2, 0) is 19.5 Å². The Kier molecular flexibility index (Phi) is 308. The fraction of sp³-hybridized carbons (Fsp3) is 1.00. The van der Waals surface area contributed by atoms with Crippen LogP contribution in [0.1, 0.15) is 13.8 Å². The third-order valence-electron chi connectivity index (χ3n) is 0. The molecule has 0 aliphatic heterocycles. The van der Waals surface area contributed by atoms with Gasteiger partial charge in [0.15, 0.2) is 0 Å². The van der Waals surface area contributed by atoms with Gasteiger partial charge in [-0.15, -0.1) is 0 Å². The molecule has 0 bridgehead atoms. The summed E-state index contributed by atoms with van der Waals surface area (Å²) in [6.45, 7) is 4.00. The first-order valence-corrected chi connectivity index (χ1v) is 1.00. The molecule has 24 valence electrons. The number of hydrogen-bond acceptors (Lipinski definition) is 0. The second-order valence-electron chi connectivity index (χ2n) is 0. The van der Waals surface area contributed by atoms with E-state index in [0.29, 0.717) is 0 Å². The van der Waals surface area contributed by atoms with Crippen molar-refractivity contribution in [2.45, 2.75) is 13.8 Å².